The van der Waals surface area contributed by atoms with Crippen molar-refractivity contribution in [1.29, 1.82) is 0 Å². The number of para-hydroxylation sites is 2. The van der Waals surface area contributed by atoms with E-state index in [1.807, 2.05) is 24.3 Å². The summed E-state index contributed by atoms with van der Waals surface area (Å²) in [6.45, 7) is 2.02. The summed E-state index contributed by atoms with van der Waals surface area (Å²) in [4.78, 5) is 22.6. The van der Waals surface area contributed by atoms with E-state index in [-0.39, 0.29) is 11.7 Å². The third-order valence-corrected chi connectivity index (χ3v) is 6.28. The maximum absolute atomic E-state index is 12.3. The van der Waals surface area contributed by atoms with Crippen molar-refractivity contribution in [1.82, 2.24) is 14.3 Å². The van der Waals surface area contributed by atoms with E-state index in [2.05, 4.69) is 20.2 Å². The van der Waals surface area contributed by atoms with E-state index < -0.39 is 10.0 Å². The van der Waals surface area contributed by atoms with Gasteiger partial charge in [0.25, 0.3) is 0 Å². The van der Waals surface area contributed by atoms with Crippen LogP contribution in [0, 0.1) is 0 Å². The predicted molar refractivity (Wildman–Crippen MR) is 106 cm³/mol. The van der Waals surface area contributed by atoms with Crippen LogP contribution < -0.4 is 10.2 Å². The standard InChI is InChI=1S/C17H21N5O3S2/c1-27(24,25)22-11-9-21(10-12-22)15-6-3-2-5-14(15)20-16(23)13-26-17-18-7-4-8-19-17/h2-8H,9-13H2,1H3,(H,20,23). The number of thioether (sulfide) groups is 1. The van der Waals surface area contributed by atoms with Crippen molar-refractivity contribution < 1.29 is 13.2 Å². The van der Waals surface area contributed by atoms with Crippen molar-refractivity contribution in [3.63, 3.8) is 0 Å². The number of sulfonamides is 1. The monoisotopic (exact) mass is 407 g/mol. The minimum atomic E-state index is -3.17. The molecular weight excluding hydrogens is 386 g/mol. The minimum Gasteiger partial charge on any atom is -0.367 e. The van der Waals surface area contributed by atoms with Gasteiger partial charge in [-0.05, 0) is 18.2 Å². The van der Waals surface area contributed by atoms with E-state index in [0.717, 1.165) is 5.69 Å². The number of benzene rings is 1. The van der Waals surface area contributed by atoms with Crippen molar-refractivity contribution in [2.45, 2.75) is 5.16 Å². The van der Waals surface area contributed by atoms with Crippen molar-refractivity contribution in [3.05, 3.63) is 42.7 Å². The van der Waals surface area contributed by atoms with Crippen LogP contribution in [-0.2, 0) is 14.8 Å². The number of anilines is 2. The van der Waals surface area contributed by atoms with Crippen LogP contribution in [0.15, 0.2) is 47.9 Å². The Morgan fingerprint density at radius 3 is 2.44 bits per heavy atom. The topological polar surface area (TPSA) is 95.5 Å². The molecule has 0 bridgehead atoms. The number of nitrogens with zero attached hydrogens (tertiary/aromatic N) is 4. The number of rotatable bonds is 6. The fourth-order valence-electron chi connectivity index (χ4n) is 2.79. The maximum atomic E-state index is 12.3. The molecule has 1 aromatic heterocycles. The third kappa shape index (κ3) is 5.41. The molecule has 27 heavy (non-hydrogen) atoms. The van der Waals surface area contributed by atoms with Crippen LogP contribution in [0.3, 0.4) is 0 Å². The lowest BCUT2D eigenvalue weighted by molar-refractivity contribution is -0.113. The van der Waals surface area contributed by atoms with Gasteiger partial charge in [0.15, 0.2) is 5.16 Å². The molecule has 0 spiro atoms. The van der Waals surface area contributed by atoms with Crippen LogP contribution in [0.5, 0.6) is 0 Å². The molecule has 1 fully saturated rings. The summed E-state index contributed by atoms with van der Waals surface area (Å²) in [5.74, 6) is 0.0647. The van der Waals surface area contributed by atoms with Gasteiger partial charge in [-0.2, -0.15) is 4.31 Å². The van der Waals surface area contributed by atoms with Crippen LogP contribution in [-0.4, -0.2) is 66.8 Å². The van der Waals surface area contributed by atoms with Gasteiger partial charge in [-0.25, -0.2) is 18.4 Å². The number of hydrogen-bond donors (Lipinski definition) is 1. The van der Waals surface area contributed by atoms with E-state index in [4.69, 9.17) is 0 Å². The molecule has 1 saturated heterocycles. The first-order valence-electron chi connectivity index (χ1n) is 8.42. The van der Waals surface area contributed by atoms with Gasteiger partial charge in [-0.3, -0.25) is 4.79 Å². The summed E-state index contributed by atoms with van der Waals surface area (Å²) >= 11 is 1.27. The van der Waals surface area contributed by atoms with Gasteiger partial charge < -0.3 is 10.2 Å². The molecule has 1 aliphatic rings. The lowest BCUT2D eigenvalue weighted by atomic mass is 10.2. The maximum Gasteiger partial charge on any atom is 0.234 e. The van der Waals surface area contributed by atoms with Crippen molar-refractivity contribution in [2.75, 3.05) is 48.4 Å². The molecule has 0 atom stereocenters. The Kier molecular flexibility index (Phi) is 6.30. The molecule has 1 amide bonds. The number of aromatic nitrogens is 2. The summed E-state index contributed by atoms with van der Waals surface area (Å²) in [6, 6.07) is 9.27. The normalized spacial score (nSPS) is 15.5. The average Bonchev–Trinajstić information content (AvgIpc) is 2.67. The number of hydrogen-bond acceptors (Lipinski definition) is 7. The Morgan fingerprint density at radius 2 is 1.78 bits per heavy atom. The lowest BCUT2D eigenvalue weighted by Crippen LogP contribution is -2.48. The Hall–Kier alpha value is -2.17. The Bertz CT molecular complexity index is 884. The molecule has 2 aromatic rings. The van der Waals surface area contributed by atoms with Crippen LogP contribution in [0.25, 0.3) is 0 Å². The Balaban J connectivity index is 1.62. The molecule has 3 rings (SSSR count). The number of piperazine rings is 1. The number of carbonyl (C=O) groups is 1. The van der Waals surface area contributed by atoms with Crippen molar-refractivity contribution in [2.24, 2.45) is 0 Å². The van der Waals surface area contributed by atoms with E-state index in [1.165, 1.54) is 22.3 Å². The highest BCUT2D eigenvalue weighted by Crippen LogP contribution is 2.27. The summed E-state index contributed by atoms with van der Waals surface area (Å²) in [7, 11) is -3.17. The first-order chi connectivity index (χ1) is 12.9. The van der Waals surface area contributed by atoms with Gasteiger partial charge in [0.05, 0.1) is 23.4 Å². The van der Waals surface area contributed by atoms with Crippen molar-refractivity contribution >= 4 is 39.1 Å². The fourth-order valence-corrected chi connectivity index (χ4v) is 4.22. The first-order valence-corrected chi connectivity index (χ1v) is 11.3. The molecule has 0 aliphatic carbocycles. The molecule has 0 unspecified atom stereocenters. The molecule has 1 aliphatic heterocycles. The third-order valence-electron chi connectivity index (χ3n) is 4.10. The van der Waals surface area contributed by atoms with Gasteiger partial charge in [0.2, 0.25) is 15.9 Å². The first kappa shape index (κ1) is 19.6. The van der Waals surface area contributed by atoms with Crippen LogP contribution >= 0.6 is 11.8 Å². The van der Waals surface area contributed by atoms with Crippen LogP contribution in [0.2, 0.25) is 0 Å². The van der Waals surface area contributed by atoms with Gasteiger partial charge >= 0.3 is 0 Å². The van der Waals surface area contributed by atoms with Gasteiger partial charge in [-0.1, -0.05) is 23.9 Å². The van der Waals surface area contributed by atoms with E-state index in [9.17, 15) is 13.2 Å². The molecule has 1 aromatic carbocycles. The van der Waals surface area contributed by atoms with Gasteiger partial charge in [0.1, 0.15) is 0 Å². The summed E-state index contributed by atoms with van der Waals surface area (Å²) in [5, 5.41) is 3.48. The predicted octanol–water partition coefficient (Wildman–Crippen LogP) is 1.29. The highest BCUT2D eigenvalue weighted by atomic mass is 32.2. The lowest BCUT2D eigenvalue weighted by Gasteiger charge is -2.35. The second-order valence-electron chi connectivity index (χ2n) is 6.03. The molecule has 10 heteroatoms. The van der Waals surface area contributed by atoms with Gasteiger partial charge in [0, 0.05) is 38.6 Å². The summed E-state index contributed by atoms with van der Waals surface area (Å²) in [6.07, 6.45) is 4.50. The van der Waals surface area contributed by atoms with E-state index in [0.29, 0.717) is 37.0 Å². The van der Waals surface area contributed by atoms with E-state index >= 15 is 0 Å². The molecule has 8 nitrogen and oxygen atoms in total. The quantitative estimate of drug-likeness (QED) is 0.569. The fraction of sp³-hybridized carbons (Fsp3) is 0.353. The molecular formula is C17H21N5O3S2. The summed E-state index contributed by atoms with van der Waals surface area (Å²) in [5.41, 5.74) is 1.60. The highest BCUT2D eigenvalue weighted by molar-refractivity contribution is 7.99. The van der Waals surface area contributed by atoms with Crippen molar-refractivity contribution in [3.8, 4) is 0 Å². The van der Waals surface area contributed by atoms with Crippen LogP contribution in [0.1, 0.15) is 0 Å². The SMILES string of the molecule is CS(=O)(=O)N1CCN(c2ccccc2NC(=O)CSc2ncccn2)CC1. The smallest absolute Gasteiger partial charge is 0.234 e. The second-order valence-corrected chi connectivity index (χ2v) is 8.96. The van der Waals surface area contributed by atoms with E-state index in [1.54, 1.807) is 18.5 Å². The molecule has 0 saturated carbocycles. The largest absolute Gasteiger partial charge is 0.367 e. The number of carbonyl (C=O) groups excluding carboxylic acids is 1. The molecule has 2 heterocycles. The molecule has 144 valence electrons. The number of amides is 1. The van der Waals surface area contributed by atoms with Crippen LogP contribution in [0.4, 0.5) is 11.4 Å². The molecule has 0 radical (unpaired) electrons. The zero-order valence-electron chi connectivity index (χ0n) is 14.9. The van der Waals surface area contributed by atoms with Gasteiger partial charge in [-0.15, -0.1) is 0 Å². The summed E-state index contributed by atoms with van der Waals surface area (Å²) < 4.78 is 24.8. The highest BCUT2D eigenvalue weighted by Gasteiger charge is 2.24. The Labute approximate surface area is 163 Å². The second kappa shape index (κ2) is 8.68. The zero-order chi connectivity index (χ0) is 19.3. The average molecular weight is 408 g/mol. The zero-order valence-corrected chi connectivity index (χ0v) is 16.5. The molecule has 1 N–H and O–H groups in total. The number of nitrogens with one attached hydrogen (secondary N) is 1. The minimum absolute atomic E-state index is 0.144. The Morgan fingerprint density at radius 1 is 1.11 bits per heavy atom.